The van der Waals surface area contributed by atoms with Crippen LogP contribution in [-0.2, 0) is 10.5 Å². The summed E-state index contributed by atoms with van der Waals surface area (Å²) in [5, 5.41) is 13.8. The molecule has 0 aromatic heterocycles. The van der Waals surface area contributed by atoms with Gasteiger partial charge in [0.2, 0.25) is 5.91 Å². The van der Waals surface area contributed by atoms with E-state index in [2.05, 4.69) is 11.4 Å². The van der Waals surface area contributed by atoms with Gasteiger partial charge in [0.1, 0.15) is 11.4 Å². The van der Waals surface area contributed by atoms with Gasteiger partial charge in [-0.3, -0.25) is 14.9 Å². The highest BCUT2D eigenvalue weighted by atomic mass is 32.2. The largest absolute Gasteiger partial charge is 0.487 e. The number of nitro groups is 1. The van der Waals surface area contributed by atoms with Gasteiger partial charge in [0.15, 0.2) is 0 Å². The molecule has 3 rings (SSSR count). The lowest BCUT2D eigenvalue weighted by Gasteiger charge is -2.38. The maximum atomic E-state index is 12.5. The number of nitrogens with one attached hydrogen (secondary N) is 1. The molecule has 0 saturated heterocycles. The molecule has 0 bridgehead atoms. The molecule has 0 radical (unpaired) electrons. The normalized spacial score (nSPS) is 17.3. The summed E-state index contributed by atoms with van der Waals surface area (Å²) >= 11 is 1.49. The third kappa shape index (κ3) is 5.04. The van der Waals surface area contributed by atoms with E-state index in [1.54, 1.807) is 12.1 Å². The summed E-state index contributed by atoms with van der Waals surface area (Å²) in [5.41, 5.74) is 2.84. The zero-order chi connectivity index (χ0) is 20.3. The average Bonchev–Trinajstić information content (AvgIpc) is 2.62. The van der Waals surface area contributed by atoms with Crippen molar-refractivity contribution in [3.05, 3.63) is 69.3 Å². The van der Waals surface area contributed by atoms with Crippen LogP contribution >= 0.6 is 11.8 Å². The number of hydrogen-bond donors (Lipinski definition) is 1. The molecule has 1 atom stereocenters. The predicted molar refractivity (Wildman–Crippen MR) is 111 cm³/mol. The molecule has 28 heavy (non-hydrogen) atoms. The Kier molecular flexibility index (Phi) is 5.93. The molecule has 0 aliphatic carbocycles. The van der Waals surface area contributed by atoms with Crippen molar-refractivity contribution in [3.8, 4) is 5.75 Å². The Hall–Kier alpha value is -2.54. The molecular formula is C21H24N2O4S. The fourth-order valence-electron chi connectivity index (χ4n) is 3.31. The van der Waals surface area contributed by atoms with Crippen LogP contribution in [0, 0.1) is 17.0 Å². The minimum atomic E-state index is -0.417. The topological polar surface area (TPSA) is 81.5 Å². The molecule has 1 amide bonds. The Morgan fingerprint density at radius 2 is 2.00 bits per heavy atom. The van der Waals surface area contributed by atoms with Crippen LogP contribution in [0.25, 0.3) is 0 Å². The number of hydrogen-bond acceptors (Lipinski definition) is 5. The van der Waals surface area contributed by atoms with Gasteiger partial charge >= 0.3 is 0 Å². The SMILES string of the molecule is Cc1ccc2c(c1)[C@H](NC(=O)CSCc1ccc([N+](=O)[O-])cc1)CC(C)(C)O2. The number of carbonyl (C=O) groups excluding carboxylic acids is 1. The van der Waals surface area contributed by atoms with Crippen molar-refractivity contribution < 1.29 is 14.5 Å². The molecule has 0 saturated carbocycles. The number of carbonyl (C=O) groups is 1. The maximum absolute atomic E-state index is 12.5. The Morgan fingerprint density at radius 3 is 2.68 bits per heavy atom. The van der Waals surface area contributed by atoms with Gasteiger partial charge in [-0.05, 0) is 32.4 Å². The highest BCUT2D eigenvalue weighted by molar-refractivity contribution is 7.99. The Labute approximate surface area is 168 Å². The van der Waals surface area contributed by atoms with Crippen LogP contribution < -0.4 is 10.1 Å². The first kappa shape index (κ1) is 20.2. The highest BCUT2D eigenvalue weighted by Crippen LogP contribution is 2.39. The number of ether oxygens (including phenoxy) is 1. The quantitative estimate of drug-likeness (QED) is 0.568. The molecule has 0 unspecified atom stereocenters. The van der Waals surface area contributed by atoms with E-state index >= 15 is 0 Å². The van der Waals surface area contributed by atoms with E-state index in [1.165, 1.54) is 23.9 Å². The highest BCUT2D eigenvalue weighted by Gasteiger charge is 2.34. The summed E-state index contributed by atoms with van der Waals surface area (Å²) in [7, 11) is 0. The van der Waals surface area contributed by atoms with E-state index in [0.29, 0.717) is 17.9 Å². The van der Waals surface area contributed by atoms with E-state index in [1.807, 2.05) is 32.9 Å². The fourth-order valence-corrected chi connectivity index (χ4v) is 4.11. The smallest absolute Gasteiger partial charge is 0.269 e. The fraction of sp³-hybridized carbons (Fsp3) is 0.381. The van der Waals surface area contributed by atoms with Crippen LogP contribution in [0.5, 0.6) is 5.75 Å². The molecule has 1 aliphatic rings. The minimum Gasteiger partial charge on any atom is -0.487 e. The summed E-state index contributed by atoms with van der Waals surface area (Å²) in [6, 6.07) is 12.4. The van der Waals surface area contributed by atoms with Crippen LogP contribution in [0.1, 0.15) is 43.0 Å². The van der Waals surface area contributed by atoms with Gasteiger partial charge < -0.3 is 10.1 Å². The molecule has 0 spiro atoms. The minimum absolute atomic E-state index is 0.0259. The lowest BCUT2D eigenvalue weighted by molar-refractivity contribution is -0.384. The number of thioether (sulfide) groups is 1. The molecule has 7 heteroatoms. The Bertz CT molecular complexity index is 880. The van der Waals surface area contributed by atoms with Crippen LogP contribution in [-0.4, -0.2) is 22.2 Å². The van der Waals surface area contributed by atoms with Crippen LogP contribution in [0.4, 0.5) is 5.69 Å². The summed E-state index contributed by atoms with van der Waals surface area (Å²) in [4.78, 5) is 22.8. The number of nitro benzene ring substituents is 1. The third-order valence-electron chi connectivity index (χ3n) is 4.61. The van der Waals surface area contributed by atoms with E-state index in [9.17, 15) is 14.9 Å². The first-order valence-corrected chi connectivity index (χ1v) is 10.3. The zero-order valence-corrected chi connectivity index (χ0v) is 17.0. The van der Waals surface area contributed by atoms with E-state index in [4.69, 9.17) is 4.74 Å². The molecular weight excluding hydrogens is 376 g/mol. The number of amides is 1. The second-order valence-corrected chi connectivity index (χ2v) is 8.63. The molecule has 148 valence electrons. The van der Waals surface area contributed by atoms with Crippen molar-refractivity contribution in [2.45, 2.75) is 44.6 Å². The van der Waals surface area contributed by atoms with Crippen LogP contribution in [0.3, 0.4) is 0 Å². The summed E-state index contributed by atoms with van der Waals surface area (Å²) in [5.74, 6) is 1.75. The molecule has 2 aromatic rings. The average molecular weight is 401 g/mol. The number of benzene rings is 2. The first-order chi connectivity index (χ1) is 13.2. The lowest BCUT2D eigenvalue weighted by atomic mass is 9.89. The standard InChI is InChI=1S/C21H24N2O4S/c1-14-4-9-19-17(10-14)18(11-21(2,3)27-19)22-20(24)13-28-12-15-5-7-16(8-6-15)23(25)26/h4-10,18H,11-13H2,1-3H3,(H,22,24)/t18-/m1/s1. The molecule has 0 fully saturated rings. The summed E-state index contributed by atoms with van der Waals surface area (Å²) in [6.07, 6.45) is 0.711. The van der Waals surface area contributed by atoms with E-state index in [-0.39, 0.29) is 23.2 Å². The van der Waals surface area contributed by atoms with E-state index in [0.717, 1.165) is 22.4 Å². The lowest BCUT2D eigenvalue weighted by Crippen LogP contribution is -2.41. The number of non-ortho nitro benzene ring substituents is 1. The summed E-state index contributed by atoms with van der Waals surface area (Å²) < 4.78 is 6.05. The van der Waals surface area contributed by atoms with E-state index < -0.39 is 4.92 Å². The van der Waals surface area contributed by atoms with Crippen molar-refractivity contribution in [1.82, 2.24) is 5.32 Å². The van der Waals surface area contributed by atoms with Gasteiger partial charge in [-0.25, -0.2) is 0 Å². The third-order valence-corrected chi connectivity index (χ3v) is 5.61. The summed E-state index contributed by atoms with van der Waals surface area (Å²) in [6.45, 7) is 6.08. The van der Waals surface area contributed by atoms with Crippen molar-refractivity contribution in [1.29, 1.82) is 0 Å². The van der Waals surface area contributed by atoms with Crippen LogP contribution in [0.2, 0.25) is 0 Å². The maximum Gasteiger partial charge on any atom is 0.269 e. The van der Waals surface area contributed by atoms with Gasteiger partial charge in [0, 0.05) is 29.9 Å². The monoisotopic (exact) mass is 400 g/mol. The molecule has 2 aromatic carbocycles. The first-order valence-electron chi connectivity index (χ1n) is 9.13. The van der Waals surface area contributed by atoms with Gasteiger partial charge in [-0.1, -0.05) is 29.8 Å². The molecule has 1 heterocycles. The van der Waals surface area contributed by atoms with Crippen molar-refractivity contribution in [2.75, 3.05) is 5.75 Å². The second-order valence-electron chi connectivity index (χ2n) is 7.64. The number of fused-ring (bicyclic) bond motifs is 1. The van der Waals surface area contributed by atoms with Crippen molar-refractivity contribution in [2.24, 2.45) is 0 Å². The Morgan fingerprint density at radius 1 is 1.29 bits per heavy atom. The van der Waals surface area contributed by atoms with Gasteiger partial charge in [-0.15, -0.1) is 11.8 Å². The van der Waals surface area contributed by atoms with Gasteiger partial charge in [-0.2, -0.15) is 0 Å². The van der Waals surface area contributed by atoms with Crippen LogP contribution in [0.15, 0.2) is 42.5 Å². The number of rotatable bonds is 6. The molecule has 1 aliphatic heterocycles. The van der Waals surface area contributed by atoms with Crippen molar-refractivity contribution >= 4 is 23.4 Å². The predicted octanol–water partition coefficient (Wildman–Crippen LogP) is 4.56. The molecule has 6 nitrogen and oxygen atoms in total. The van der Waals surface area contributed by atoms with Crippen molar-refractivity contribution in [3.63, 3.8) is 0 Å². The number of nitrogens with zero attached hydrogens (tertiary/aromatic N) is 1. The van der Waals surface area contributed by atoms with Gasteiger partial charge in [0.25, 0.3) is 5.69 Å². The number of aryl methyl sites for hydroxylation is 1. The van der Waals surface area contributed by atoms with Gasteiger partial charge in [0.05, 0.1) is 16.7 Å². The Balaban J connectivity index is 1.57. The zero-order valence-electron chi connectivity index (χ0n) is 16.2. The second kappa shape index (κ2) is 8.22. The molecule has 1 N–H and O–H groups in total.